The second-order valence-electron chi connectivity index (χ2n) is 6.16. The maximum Gasteiger partial charge on any atom is 0.241 e. The number of carbonyl (C=O) groups is 1. The lowest BCUT2D eigenvalue weighted by molar-refractivity contribution is -0.122. The van der Waals surface area contributed by atoms with Crippen LogP contribution in [0.3, 0.4) is 0 Å². The number of hydrogen-bond acceptors (Lipinski definition) is 2. The standard InChI is InChI=1S/C19H28N2O/c1-4-5-7-13-21-14-8-6-12-17(21)19(22)20-18-15(2)10-9-11-16(18)3/h4-5,9-11,17H,6-8,12-14H2,1-3H3,(H,20,22)/b5-4+. The van der Waals surface area contributed by atoms with Crippen LogP contribution in [-0.4, -0.2) is 29.9 Å². The lowest BCUT2D eigenvalue weighted by Gasteiger charge is -2.34. The maximum atomic E-state index is 12.7. The minimum Gasteiger partial charge on any atom is -0.324 e. The Kier molecular flexibility index (Phi) is 6.20. The largest absolute Gasteiger partial charge is 0.324 e. The van der Waals surface area contributed by atoms with E-state index < -0.39 is 0 Å². The third-order valence-electron chi connectivity index (χ3n) is 4.46. The molecule has 1 amide bonds. The number of nitrogens with zero attached hydrogens (tertiary/aromatic N) is 1. The van der Waals surface area contributed by atoms with Crippen LogP contribution in [-0.2, 0) is 4.79 Å². The van der Waals surface area contributed by atoms with Gasteiger partial charge in [-0.3, -0.25) is 9.69 Å². The molecular formula is C19H28N2O. The van der Waals surface area contributed by atoms with Crippen LogP contribution in [0.5, 0.6) is 0 Å². The van der Waals surface area contributed by atoms with Gasteiger partial charge in [0.2, 0.25) is 5.91 Å². The Bertz CT molecular complexity index is 516. The minimum atomic E-state index is 0.0120. The molecule has 1 saturated heterocycles. The lowest BCUT2D eigenvalue weighted by Crippen LogP contribution is -2.47. The van der Waals surface area contributed by atoms with Gasteiger partial charge in [0.1, 0.15) is 0 Å². The molecule has 1 unspecified atom stereocenters. The van der Waals surface area contributed by atoms with Crippen LogP contribution in [0.1, 0.15) is 43.7 Å². The molecule has 1 heterocycles. The summed E-state index contributed by atoms with van der Waals surface area (Å²) in [6.07, 6.45) is 8.58. The molecule has 0 saturated carbocycles. The van der Waals surface area contributed by atoms with Crippen molar-refractivity contribution < 1.29 is 4.79 Å². The van der Waals surface area contributed by atoms with Crippen molar-refractivity contribution in [2.75, 3.05) is 18.4 Å². The lowest BCUT2D eigenvalue weighted by atomic mass is 10.0. The van der Waals surface area contributed by atoms with Gasteiger partial charge >= 0.3 is 0 Å². The zero-order valence-electron chi connectivity index (χ0n) is 14.1. The van der Waals surface area contributed by atoms with E-state index in [4.69, 9.17) is 0 Å². The fourth-order valence-electron chi connectivity index (χ4n) is 3.18. The normalized spacial score (nSPS) is 19.5. The van der Waals surface area contributed by atoms with E-state index >= 15 is 0 Å². The molecule has 1 aromatic rings. The van der Waals surface area contributed by atoms with Crippen LogP contribution in [0.4, 0.5) is 5.69 Å². The second-order valence-corrected chi connectivity index (χ2v) is 6.16. The topological polar surface area (TPSA) is 32.3 Å². The van der Waals surface area contributed by atoms with Crippen molar-refractivity contribution in [3.05, 3.63) is 41.5 Å². The molecule has 0 spiro atoms. The summed E-state index contributed by atoms with van der Waals surface area (Å²) in [6, 6.07) is 6.14. The molecule has 2 rings (SSSR count). The number of nitrogens with one attached hydrogen (secondary N) is 1. The number of piperidine rings is 1. The average Bonchev–Trinajstić information content (AvgIpc) is 2.51. The van der Waals surface area contributed by atoms with Crippen molar-refractivity contribution in [3.8, 4) is 0 Å². The van der Waals surface area contributed by atoms with E-state index in [0.29, 0.717) is 0 Å². The molecule has 1 aromatic carbocycles. The molecule has 120 valence electrons. The number of likely N-dealkylation sites (tertiary alicyclic amines) is 1. The maximum absolute atomic E-state index is 12.7. The van der Waals surface area contributed by atoms with Gasteiger partial charge in [0.15, 0.2) is 0 Å². The first-order valence-corrected chi connectivity index (χ1v) is 8.35. The Morgan fingerprint density at radius 3 is 2.73 bits per heavy atom. The first kappa shape index (κ1) is 16.8. The number of allylic oxidation sites excluding steroid dienone is 1. The van der Waals surface area contributed by atoms with Crippen molar-refractivity contribution in [1.82, 2.24) is 4.90 Å². The molecule has 3 heteroatoms. The number of anilines is 1. The van der Waals surface area contributed by atoms with E-state index in [0.717, 1.165) is 49.2 Å². The summed E-state index contributed by atoms with van der Waals surface area (Å²) in [4.78, 5) is 15.1. The molecule has 3 nitrogen and oxygen atoms in total. The van der Waals surface area contributed by atoms with E-state index in [9.17, 15) is 4.79 Å². The number of amides is 1. The Labute approximate surface area is 134 Å². The number of carbonyl (C=O) groups excluding carboxylic acids is 1. The van der Waals surface area contributed by atoms with Gasteiger partial charge in [-0.1, -0.05) is 36.8 Å². The summed E-state index contributed by atoms with van der Waals surface area (Å²) in [7, 11) is 0. The highest BCUT2D eigenvalue weighted by Gasteiger charge is 2.28. The molecule has 1 fully saturated rings. The monoisotopic (exact) mass is 300 g/mol. The van der Waals surface area contributed by atoms with E-state index in [1.807, 2.05) is 39.0 Å². The Hall–Kier alpha value is -1.61. The van der Waals surface area contributed by atoms with Crippen LogP contribution >= 0.6 is 0 Å². The summed E-state index contributed by atoms with van der Waals surface area (Å²) < 4.78 is 0. The fraction of sp³-hybridized carbons (Fsp3) is 0.526. The minimum absolute atomic E-state index is 0.0120. The molecule has 22 heavy (non-hydrogen) atoms. The van der Waals surface area contributed by atoms with Crippen LogP contribution in [0.25, 0.3) is 0 Å². The van der Waals surface area contributed by atoms with Crippen molar-refractivity contribution in [3.63, 3.8) is 0 Å². The summed E-state index contributed by atoms with van der Waals surface area (Å²) >= 11 is 0. The molecule has 1 aliphatic heterocycles. The van der Waals surface area contributed by atoms with E-state index in [-0.39, 0.29) is 11.9 Å². The molecule has 0 aromatic heterocycles. The quantitative estimate of drug-likeness (QED) is 0.832. The van der Waals surface area contributed by atoms with Crippen LogP contribution in [0.2, 0.25) is 0 Å². The Balaban J connectivity index is 2.05. The van der Waals surface area contributed by atoms with Crippen molar-refractivity contribution >= 4 is 11.6 Å². The Morgan fingerprint density at radius 2 is 2.05 bits per heavy atom. The van der Waals surface area contributed by atoms with Crippen LogP contribution in [0, 0.1) is 13.8 Å². The van der Waals surface area contributed by atoms with Gasteiger partial charge in [-0.15, -0.1) is 0 Å². The van der Waals surface area contributed by atoms with Crippen molar-refractivity contribution in [1.29, 1.82) is 0 Å². The summed E-state index contributed by atoms with van der Waals surface area (Å²) in [6.45, 7) is 8.14. The highest BCUT2D eigenvalue weighted by Crippen LogP contribution is 2.23. The number of rotatable bonds is 5. The second kappa shape index (κ2) is 8.14. The Morgan fingerprint density at radius 1 is 1.32 bits per heavy atom. The predicted molar refractivity (Wildman–Crippen MR) is 93.2 cm³/mol. The molecule has 0 bridgehead atoms. The van der Waals surface area contributed by atoms with E-state index in [2.05, 4.69) is 22.4 Å². The molecule has 1 atom stereocenters. The number of benzene rings is 1. The summed E-state index contributed by atoms with van der Waals surface area (Å²) in [5.74, 6) is 0.151. The van der Waals surface area contributed by atoms with Crippen molar-refractivity contribution in [2.45, 2.75) is 52.5 Å². The molecule has 1 aliphatic rings. The molecule has 1 N–H and O–H groups in total. The number of para-hydroxylation sites is 1. The summed E-state index contributed by atoms with van der Waals surface area (Å²) in [5.41, 5.74) is 3.24. The number of hydrogen-bond donors (Lipinski definition) is 1. The zero-order valence-corrected chi connectivity index (χ0v) is 14.1. The van der Waals surface area contributed by atoms with Gasteiger partial charge in [0.05, 0.1) is 6.04 Å². The molecule has 0 aliphatic carbocycles. The van der Waals surface area contributed by atoms with Gasteiger partial charge in [-0.05, 0) is 57.7 Å². The fourth-order valence-corrected chi connectivity index (χ4v) is 3.18. The van der Waals surface area contributed by atoms with Crippen molar-refractivity contribution in [2.24, 2.45) is 0 Å². The van der Waals surface area contributed by atoms with Crippen LogP contribution in [0.15, 0.2) is 30.4 Å². The smallest absolute Gasteiger partial charge is 0.241 e. The SMILES string of the molecule is C/C=C/CCN1CCCCC1C(=O)Nc1c(C)cccc1C. The number of aryl methyl sites for hydroxylation is 2. The molecule has 0 radical (unpaired) electrons. The van der Waals surface area contributed by atoms with Crippen LogP contribution < -0.4 is 5.32 Å². The molecular weight excluding hydrogens is 272 g/mol. The highest BCUT2D eigenvalue weighted by atomic mass is 16.2. The van der Waals surface area contributed by atoms with Gasteiger partial charge in [0.25, 0.3) is 0 Å². The van der Waals surface area contributed by atoms with Gasteiger partial charge in [-0.2, -0.15) is 0 Å². The van der Waals surface area contributed by atoms with Gasteiger partial charge in [0, 0.05) is 12.2 Å². The van der Waals surface area contributed by atoms with Gasteiger partial charge in [-0.25, -0.2) is 0 Å². The zero-order chi connectivity index (χ0) is 15.9. The average molecular weight is 300 g/mol. The highest BCUT2D eigenvalue weighted by molar-refractivity contribution is 5.96. The third-order valence-corrected chi connectivity index (χ3v) is 4.46. The van der Waals surface area contributed by atoms with E-state index in [1.165, 1.54) is 6.42 Å². The first-order chi connectivity index (χ1) is 10.6. The summed E-state index contributed by atoms with van der Waals surface area (Å²) in [5, 5.41) is 3.17. The van der Waals surface area contributed by atoms with Gasteiger partial charge < -0.3 is 5.32 Å². The first-order valence-electron chi connectivity index (χ1n) is 8.35. The third kappa shape index (κ3) is 4.20. The van der Waals surface area contributed by atoms with E-state index in [1.54, 1.807) is 0 Å². The predicted octanol–water partition coefficient (Wildman–Crippen LogP) is 4.06.